The Morgan fingerprint density at radius 1 is 1.09 bits per heavy atom. The Balaban J connectivity index is 2.07. The van der Waals surface area contributed by atoms with Gasteiger partial charge in [-0.15, -0.1) is 0 Å². The quantitative estimate of drug-likeness (QED) is 0.760. The molecule has 1 atom stereocenters. The van der Waals surface area contributed by atoms with Crippen molar-refractivity contribution in [1.29, 1.82) is 0 Å². The highest BCUT2D eigenvalue weighted by molar-refractivity contribution is 5.84. The molecule has 0 radical (unpaired) electrons. The van der Waals surface area contributed by atoms with E-state index in [1.807, 2.05) is 30.3 Å². The Morgan fingerprint density at radius 2 is 1.86 bits per heavy atom. The number of para-hydroxylation sites is 1. The first-order valence-electron chi connectivity index (χ1n) is 7.46. The Labute approximate surface area is 128 Å². The Morgan fingerprint density at radius 3 is 2.73 bits per heavy atom. The number of aliphatic hydroxyl groups excluding tert-OH is 1. The number of aliphatic hydroxyl groups is 1. The zero-order chi connectivity index (χ0) is 15.1. The molecule has 0 bridgehead atoms. The van der Waals surface area contributed by atoms with Crippen LogP contribution in [0.2, 0.25) is 0 Å². The lowest BCUT2D eigenvalue weighted by Gasteiger charge is -2.09. The highest BCUT2D eigenvalue weighted by Gasteiger charge is 2.28. The summed E-state index contributed by atoms with van der Waals surface area (Å²) in [4.78, 5) is 3.32. The van der Waals surface area contributed by atoms with Crippen LogP contribution in [0.3, 0.4) is 0 Å². The average Bonchev–Trinajstić information content (AvgIpc) is 3.05. The van der Waals surface area contributed by atoms with Crippen LogP contribution < -0.4 is 10.6 Å². The van der Waals surface area contributed by atoms with Crippen LogP contribution in [0.25, 0.3) is 23.2 Å². The third kappa shape index (κ3) is 1.86. The van der Waals surface area contributed by atoms with Gasteiger partial charge in [0.25, 0.3) is 0 Å². The summed E-state index contributed by atoms with van der Waals surface area (Å²) in [5, 5.41) is 12.3. The summed E-state index contributed by atoms with van der Waals surface area (Å²) in [6, 6.07) is 16.3. The number of nitrogens with one attached hydrogen (secondary N) is 1. The molecule has 22 heavy (non-hydrogen) atoms. The fraction of sp³-hybridized carbons (Fsp3) is 0.158. The summed E-state index contributed by atoms with van der Waals surface area (Å²) in [7, 11) is 0. The van der Waals surface area contributed by atoms with Crippen LogP contribution in [0.15, 0.2) is 48.5 Å². The molecule has 2 heterocycles. The van der Waals surface area contributed by atoms with E-state index < -0.39 is 0 Å². The predicted octanol–water partition coefficient (Wildman–Crippen LogP) is 2.19. The summed E-state index contributed by atoms with van der Waals surface area (Å²) in [5.74, 6) is 0.858. The standard InChI is InChI=1S/C19H17NO2/c1-12-18(15-8-4-5-9-16(15)20-12)19-14-7-3-2-6-13(14)17(22-19)10-11-21/h2-9,17,20-21H,1,10-11H2/b19-18-. The van der Waals surface area contributed by atoms with Crippen LogP contribution in [-0.4, -0.2) is 16.7 Å². The number of H-pyrrole nitrogens is 1. The van der Waals surface area contributed by atoms with E-state index in [0.29, 0.717) is 6.42 Å². The maximum atomic E-state index is 9.29. The van der Waals surface area contributed by atoms with Crippen LogP contribution in [0, 0.1) is 0 Å². The molecule has 2 N–H and O–H groups in total. The Kier molecular flexibility index (Phi) is 3.01. The second-order valence-electron chi connectivity index (χ2n) is 5.56. The van der Waals surface area contributed by atoms with Gasteiger partial charge < -0.3 is 14.8 Å². The number of hydrogen-bond donors (Lipinski definition) is 2. The maximum Gasteiger partial charge on any atom is 0.137 e. The summed E-state index contributed by atoms with van der Waals surface area (Å²) in [6.07, 6.45) is 0.499. The molecule has 0 amide bonds. The van der Waals surface area contributed by atoms with Crippen molar-refractivity contribution >= 4 is 23.2 Å². The average molecular weight is 291 g/mol. The molecule has 1 aliphatic rings. The Bertz CT molecular complexity index is 955. The van der Waals surface area contributed by atoms with E-state index in [2.05, 4.69) is 29.8 Å². The zero-order valence-corrected chi connectivity index (χ0v) is 12.2. The molecule has 1 unspecified atom stereocenters. The van der Waals surface area contributed by atoms with Gasteiger partial charge in [-0.05, 0) is 6.07 Å². The highest BCUT2D eigenvalue weighted by atomic mass is 16.5. The zero-order valence-electron chi connectivity index (χ0n) is 12.2. The number of aromatic amines is 1. The van der Waals surface area contributed by atoms with Gasteiger partial charge in [-0.3, -0.25) is 0 Å². The van der Waals surface area contributed by atoms with E-state index >= 15 is 0 Å². The summed E-state index contributed by atoms with van der Waals surface area (Å²) < 4.78 is 6.20. The molecule has 0 fully saturated rings. The second kappa shape index (κ2) is 5.04. The minimum absolute atomic E-state index is 0.0933. The van der Waals surface area contributed by atoms with E-state index in [9.17, 15) is 5.11 Å². The minimum atomic E-state index is -0.0933. The van der Waals surface area contributed by atoms with Gasteiger partial charge in [0.1, 0.15) is 11.9 Å². The number of hydrogen-bond acceptors (Lipinski definition) is 2. The third-order valence-electron chi connectivity index (χ3n) is 4.21. The smallest absolute Gasteiger partial charge is 0.137 e. The fourth-order valence-electron chi connectivity index (χ4n) is 3.24. The van der Waals surface area contributed by atoms with Crippen LogP contribution in [0.4, 0.5) is 0 Å². The monoisotopic (exact) mass is 291 g/mol. The molecule has 0 saturated carbocycles. The van der Waals surface area contributed by atoms with E-state index in [4.69, 9.17) is 4.74 Å². The van der Waals surface area contributed by atoms with Gasteiger partial charge in [0.2, 0.25) is 0 Å². The molecule has 4 rings (SSSR count). The molecule has 110 valence electrons. The number of fused-ring (bicyclic) bond motifs is 2. The summed E-state index contributed by atoms with van der Waals surface area (Å²) in [6.45, 7) is 4.25. The van der Waals surface area contributed by atoms with Gasteiger partial charge in [0.05, 0.1) is 0 Å². The molecule has 3 aromatic rings. The molecule has 1 aromatic heterocycles. The lowest BCUT2D eigenvalue weighted by Crippen LogP contribution is -2.24. The minimum Gasteiger partial charge on any atom is -0.484 e. The van der Waals surface area contributed by atoms with Gasteiger partial charge in [-0.2, -0.15) is 0 Å². The van der Waals surface area contributed by atoms with Crippen molar-refractivity contribution in [1.82, 2.24) is 4.98 Å². The second-order valence-corrected chi connectivity index (χ2v) is 5.56. The van der Waals surface area contributed by atoms with E-state index in [0.717, 1.165) is 38.4 Å². The van der Waals surface area contributed by atoms with E-state index in [1.165, 1.54) is 0 Å². The van der Waals surface area contributed by atoms with Crippen LogP contribution in [-0.2, 0) is 4.74 Å². The fourth-order valence-corrected chi connectivity index (χ4v) is 3.24. The van der Waals surface area contributed by atoms with Gasteiger partial charge in [-0.1, -0.05) is 49.0 Å². The lowest BCUT2D eigenvalue weighted by molar-refractivity contribution is 0.143. The highest BCUT2D eigenvalue weighted by Crippen LogP contribution is 2.38. The van der Waals surface area contributed by atoms with Gasteiger partial charge in [-0.25, -0.2) is 0 Å². The molecule has 0 aliphatic carbocycles. The van der Waals surface area contributed by atoms with Crippen molar-refractivity contribution in [3.8, 4) is 0 Å². The number of aromatic nitrogens is 1. The lowest BCUT2D eigenvalue weighted by atomic mass is 10.0. The van der Waals surface area contributed by atoms with Crippen molar-refractivity contribution in [3.05, 3.63) is 70.2 Å². The summed E-state index contributed by atoms with van der Waals surface area (Å²) in [5.41, 5.74) is 3.29. The molecule has 2 aromatic carbocycles. The molecule has 3 nitrogen and oxygen atoms in total. The molecule has 0 spiro atoms. The maximum absolute atomic E-state index is 9.29. The molecular weight excluding hydrogens is 274 g/mol. The van der Waals surface area contributed by atoms with Crippen molar-refractivity contribution in [2.24, 2.45) is 0 Å². The van der Waals surface area contributed by atoms with Crippen LogP contribution >= 0.6 is 0 Å². The van der Waals surface area contributed by atoms with Gasteiger partial charge >= 0.3 is 0 Å². The predicted molar refractivity (Wildman–Crippen MR) is 87.6 cm³/mol. The van der Waals surface area contributed by atoms with Crippen molar-refractivity contribution < 1.29 is 9.84 Å². The van der Waals surface area contributed by atoms with Gasteiger partial charge in [0, 0.05) is 45.6 Å². The molecule has 1 aliphatic heterocycles. The topological polar surface area (TPSA) is 45.2 Å². The third-order valence-corrected chi connectivity index (χ3v) is 4.21. The first-order chi connectivity index (χ1) is 10.8. The first kappa shape index (κ1) is 13.2. The molecule has 0 saturated heterocycles. The molecule has 3 heteroatoms. The van der Waals surface area contributed by atoms with E-state index in [1.54, 1.807) is 0 Å². The molecular formula is C19H17NO2. The summed E-state index contributed by atoms with van der Waals surface area (Å²) >= 11 is 0. The number of rotatable bonds is 2. The van der Waals surface area contributed by atoms with Crippen molar-refractivity contribution in [2.75, 3.05) is 6.61 Å². The van der Waals surface area contributed by atoms with E-state index in [-0.39, 0.29) is 12.7 Å². The van der Waals surface area contributed by atoms with Crippen molar-refractivity contribution in [2.45, 2.75) is 12.5 Å². The number of ether oxygens (including phenoxy) is 1. The van der Waals surface area contributed by atoms with Gasteiger partial charge in [0.15, 0.2) is 0 Å². The SMILES string of the molecule is C=c1[nH]c2ccccc2/c1=C1\OC(CCO)c2ccccc21. The number of benzene rings is 2. The first-order valence-corrected chi connectivity index (χ1v) is 7.46. The normalized spacial score (nSPS) is 19.2. The van der Waals surface area contributed by atoms with Crippen LogP contribution in [0.1, 0.15) is 23.7 Å². The largest absolute Gasteiger partial charge is 0.484 e. The van der Waals surface area contributed by atoms with Crippen molar-refractivity contribution in [3.63, 3.8) is 0 Å². The Hall–Kier alpha value is -2.52. The van der Waals surface area contributed by atoms with Crippen LogP contribution in [0.5, 0.6) is 0 Å².